The zero-order valence-electron chi connectivity index (χ0n) is 12.2. The Morgan fingerprint density at radius 2 is 1.68 bits per heavy atom. The molecular formula is C14H22ClN3O3S. The highest BCUT2D eigenvalue weighted by molar-refractivity contribution is 7.89. The van der Waals surface area contributed by atoms with E-state index in [1.165, 1.54) is 12.1 Å². The quantitative estimate of drug-likeness (QED) is 0.754. The number of halogens is 1. The zero-order valence-corrected chi connectivity index (χ0v) is 13.9. The van der Waals surface area contributed by atoms with Crippen LogP contribution in [-0.4, -0.2) is 19.9 Å². The van der Waals surface area contributed by atoms with Crippen molar-refractivity contribution in [3.8, 4) is 0 Å². The molecule has 0 aromatic heterocycles. The second-order valence-electron chi connectivity index (χ2n) is 5.59. The molecule has 1 aliphatic rings. The van der Waals surface area contributed by atoms with Crippen molar-refractivity contribution in [2.45, 2.75) is 49.1 Å². The van der Waals surface area contributed by atoms with E-state index < -0.39 is 15.6 Å². The molecule has 0 heterocycles. The van der Waals surface area contributed by atoms with Gasteiger partial charge in [-0.1, -0.05) is 31.4 Å². The van der Waals surface area contributed by atoms with Gasteiger partial charge in [0.25, 0.3) is 0 Å². The van der Waals surface area contributed by atoms with Crippen molar-refractivity contribution >= 4 is 28.3 Å². The number of sulfonamides is 1. The van der Waals surface area contributed by atoms with Crippen molar-refractivity contribution < 1.29 is 13.2 Å². The van der Waals surface area contributed by atoms with Crippen LogP contribution < -0.4 is 16.2 Å². The highest BCUT2D eigenvalue weighted by Crippen LogP contribution is 2.26. The molecule has 0 atom stereocenters. The van der Waals surface area contributed by atoms with Gasteiger partial charge in [-0.3, -0.25) is 4.79 Å². The van der Waals surface area contributed by atoms with Crippen molar-refractivity contribution in [3.05, 3.63) is 29.8 Å². The highest BCUT2D eigenvalue weighted by Gasteiger charge is 2.34. The molecule has 1 aliphatic carbocycles. The zero-order chi connectivity index (χ0) is 15.5. The standard InChI is InChI=1S/C14H21N3O3S.ClH/c15-14(8-2-1-3-9-14)13(18)17-10-11-4-6-12(7-5-11)21(16,19)20;/h4-7H,1-3,8-10,15H2,(H,17,18)(H2,16,19,20);1H. The smallest absolute Gasteiger partial charge is 0.240 e. The average Bonchev–Trinajstić information content (AvgIpc) is 2.45. The van der Waals surface area contributed by atoms with Crippen molar-refractivity contribution in [2.24, 2.45) is 10.9 Å². The van der Waals surface area contributed by atoms with E-state index in [0.717, 1.165) is 24.8 Å². The largest absolute Gasteiger partial charge is 0.350 e. The van der Waals surface area contributed by atoms with Crippen molar-refractivity contribution in [1.29, 1.82) is 0 Å². The predicted octanol–water partition coefficient (Wildman–Crippen LogP) is 1.03. The lowest BCUT2D eigenvalue weighted by atomic mass is 9.82. The Morgan fingerprint density at radius 3 is 2.18 bits per heavy atom. The summed E-state index contributed by atoms with van der Waals surface area (Å²) in [4.78, 5) is 12.2. The van der Waals surface area contributed by atoms with Crippen LogP contribution in [0.4, 0.5) is 0 Å². The minimum absolute atomic E-state index is 0. The van der Waals surface area contributed by atoms with Crippen LogP contribution in [0.25, 0.3) is 0 Å². The minimum atomic E-state index is -3.69. The summed E-state index contributed by atoms with van der Waals surface area (Å²) in [6.45, 7) is 0.322. The molecule has 0 spiro atoms. The normalized spacial score (nSPS) is 17.4. The monoisotopic (exact) mass is 347 g/mol. The number of carbonyl (C=O) groups is 1. The van der Waals surface area contributed by atoms with E-state index in [-0.39, 0.29) is 23.2 Å². The Hall–Kier alpha value is -1.15. The first kappa shape index (κ1) is 18.9. The summed E-state index contributed by atoms with van der Waals surface area (Å²) in [5.74, 6) is -0.141. The molecule has 5 N–H and O–H groups in total. The van der Waals surface area contributed by atoms with Gasteiger partial charge in [0.05, 0.1) is 10.4 Å². The van der Waals surface area contributed by atoms with Gasteiger partial charge in [-0.05, 0) is 30.5 Å². The molecule has 1 fully saturated rings. The lowest BCUT2D eigenvalue weighted by Crippen LogP contribution is -2.54. The number of amides is 1. The Bertz CT molecular complexity index is 611. The van der Waals surface area contributed by atoms with Crippen LogP contribution in [0.1, 0.15) is 37.7 Å². The summed E-state index contributed by atoms with van der Waals surface area (Å²) in [5, 5.41) is 7.85. The summed E-state index contributed by atoms with van der Waals surface area (Å²) in [6.07, 6.45) is 4.51. The number of rotatable bonds is 4. The van der Waals surface area contributed by atoms with Crippen LogP contribution in [0, 0.1) is 0 Å². The van der Waals surface area contributed by atoms with Crippen molar-refractivity contribution in [1.82, 2.24) is 5.32 Å². The van der Waals surface area contributed by atoms with Crippen molar-refractivity contribution in [2.75, 3.05) is 0 Å². The number of hydrogen-bond acceptors (Lipinski definition) is 4. The lowest BCUT2D eigenvalue weighted by Gasteiger charge is -2.31. The molecule has 1 aromatic carbocycles. The van der Waals surface area contributed by atoms with Crippen LogP contribution in [0.2, 0.25) is 0 Å². The molecular weight excluding hydrogens is 326 g/mol. The van der Waals surface area contributed by atoms with Gasteiger partial charge in [-0.15, -0.1) is 12.4 Å². The van der Waals surface area contributed by atoms with Crippen LogP contribution in [0.5, 0.6) is 0 Å². The molecule has 124 valence electrons. The summed E-state index contributed by atoms with van der Waals surface area (Å²) in [5.41, 5.74) is 6.18. The third-order valence-electron chi connectivity index (χ3n) is 3.90. The molecule has 22 heavy (non-hydrogen) atoms. The van der Waals surface area contributed by atoms with E-state index >= 15 is 0 Å². The Kier molecular flexibility index (Phi) is 6.37. The van der Waals surface area contributed by atoms with E-state index in [4.69, 9.17) is 10.9 Å². The first-order chi connectivity index (χ1) is 9.81. The van der Waals surface area contributed by atoms with Gasteiger partial charge < -0.3 is 11.1 Å². The van der Waals surface area contributed by atoms with Crippen LogP contribution >= 0.6 is 12.4 Å². The molecule has 1 aromatic rings. The minimum Gasteiger partial charge on any atom is -0.350 e. The first-order valence-electron chi connectivity index (χ1n) is 7.00. The van der Waals surface area contributed by atoms with Gasteiger partial charge in [0.2, 0.25) is 15.9 Å². The fourth-order valence-corrected chi connectivity index (χ4v) is 3.08. The summed E-state index contributed by atoms with van der Waals surface area (Å²) >= 11 is 0. The molecule has 0 bridgehead atoms. The average molecular weight is 348 g/mol. The molecule has 2 rings (SSSR count). The first-order valence-corrected chi connectivity index (χ1v) is 8.55. The van der Waals surface area contributed by atoms with Crippen LogP contribution in [-0.2, 0) is 21.4 Å². The molecule has 0 radical (unpaired) electrons. The maximum Gasteiger partial charge on any atom is 0.240 e. The van der Waals surface area contributed by atoms with Gasteiger partial charge in [-0.2, -0.15) is 0 Å². The molecule has 1 amide bonds. The second-order valence-corrected chi connectivity index (χ2v) is 7.15. The SMILES string of the molecule is Cl.NC1(C(=O)NCc2ccc(S(N)(=O)=O)cc2)CCCCC1. The van der Waals surface area contributed by atoms with Gasteiger partial charge in [-0.25, -0.2) is 13.6 Å². The molecule has 0 aliphatic heterocycles. The predicted molar refractivity (Wildman–Crippen MR) is 86.9 cm³/mol. The third kappa shape index (κ3) is 4.67. The molecule has 0 unspecified atom stereocenters. The highest BCUT2D eigenvalue weighted by atomic mass is 35.5. The number of benzene rings is 1. The molecule has 1 saturated carbocycles. The van der Waals surface area contributed by atoms with Gasteiger partial charge in [0.1, 0.15) is 0 Å². The van der Waals surface area contributed by atoms with Crippen LogP contribution in [0.3, 0.4) is 0 Å². The van der Waals surface area contributed by atoms with Gasteiger partial charge in [0.15, 0.2) is 0 Å². The van der Waals surface area contributed by atoms with E-state index in [0.29, 0.717) is 19.4 Å². The number of nitrogens with two attached hydrogens (primary N) is 2. The Morgan fingerprint density at radius 1 is 1.14 bits per heavy atom. The fraction of sp³-hybridized carbons (Fsp3) is 0.500. The summed E-state index contributed by atoms with van der Waals surface area (Å²) in [6, 6.07) is 6.11. The van der Waals surface area contributed by atoms with E-state index in [9.17, 15) is 13.2 Å². The molecule has 6 nitrogen and oxygen atoms in total. The number of carbonyl (C=O) groups excluding carboxylic acids is 1. The number of primary sulfonamides is 1. The summed E-state index contributed by atoms with van der Waals surface area (Å²) < 4.78 is 22.3. The van der Waals surface area contributed by atoms with Gasteiger partial charge >= 0.3 is 0 Å². The van der Waals surface area contributed by atoms with E-state index in [1.54, 1.807) is 12.1 Å². The van der Waals surface area contributed by atoms with Gasteiger partial charge in [0, 0.05) is 6.54 Å². The number of hydrogen-bond donors (Lipinski definition) is 3. The van der Waals surface area contributed by atoms with Crippen molar-refractivity contribution in [3.63, 3.8) is 0 Å². The topological polar surface area (TPSA) is 115 Å². The van der Waals surface area contributed by atoms with E-state index in [2.05, 4.69) is 5.32 Å². The Balaban J connectivity index is 0.00000242. The van der Waals surface area contributed by atoms with E-state index in [1.807, 2.05) is 0 Å². The molecule has 8 heteroatoms. The Labute approximate surface area is 137 Å². The third-order valence-corrected chi connectivity index (χ3v) is 4.83. The fourth-order valence-electron chi connectivity index (χ4n) is 2.57. The summed E-state index contributed by atoms with van der Waals surface area (Å²) in [7, 11) is -3.69. The van der Waals surface area contributed by atoms with Crippen LogP contribution in [0.15, 0.2) is 29.2 Å². The maximum atomic E-state index is 12.2. The second kappa shape index (κ2) is 7.41. The number of nitrogens with one attached hydrogen (secondary N) is 1. The molecule has 0 saturated heterocycles. The lowest BCUT2D eigenvalue weighted by molar-refractivity contribution is -0.127. The maximum absolute atomic E-state index is 12.2.